The van der Waals surface area contributed by atoms with Crippen molar-refractivity contribution in [3.05, 3.63) is 58.9 Å². The molecule has 0 aliphatic carbocycles. The van der Waals surface area contributed by atoms with Crippen molar-refractivity contribution in [2.75, 3.05) is 44.2 Å². The predicted molar refractivity (Wildman–Crippen MR) is 106 cm³/mol. The van der Waals surface area contributed by atoms with Crippen LogP contribution in [0.3, 0.4) is 0 Å². The van der Waals surface area contributed by atoms with Gasteiger partial charge in [0, 0.05) is 44.3 Å². The zero-order valence-electron chi connectivity index (χ0n) is 15.2. The van der Waals surface area contributed by atoms with Crippen LogP contribution in [0.2, 0.25) is 5.02 Å². The van der Waals surface area contributed by atoms with Crippen molar-refractivity contribution in [1.29, 1.82) is 0 Å². The smallest absolute Gasteiger partial charge is 0.240 e. The number of piperazine rings is 1. The largest absolute Gasteiger partial charge is 0.367 e. The molecule has 146 valence electrons. The summed E-state index contributed by atoms with van der Waals surface area (Å²) in [7, 11) is -3.58. The van der Waals surface area contributed by atoms with Gasteiger partial charge in [-0.15, -0.1) is 0 Å². The highest BCUT2D eigenvalue weighted by Gasteiger charge is 2.20. The van der Waals surface area contributed by atoms with Crippen LogP contribution in [0, 0.1) is 12.7 Å². The Kier molecular flexibility index (Phi) is 6.37. The molecule has 1 saturated heterocycles. The molecule has 0 atom stereocenters. The van der Waals surface area contributed by atoms with Gasteiger partial charge in [-0.25, -0.2) is 17.5 Å². The van der Waals surface area contributed by atoms with Gasteiger partial charge in [0.1, 0.15) is 5.82 Å². The van der Waals surface area contributed by atoms with Crippen molar-refractivity contribution < 1.29 is 12.8 Å². The van der Waals surface area contributed by atoms with Crippen LogP contribution in [0.15, 0.2) is 47.4 Å². The van der Waals surface area contributed by atoms with Gasteiger partial charge < -0.3 is 4.90 Å². The van der Waals surface area contributed by atoms with Crippen LogP contribution in [-0.2, 0) is 10.0 Å². The van der Waals surface area contributed by atoms with Crippen molar-refractivity contribution in [2.45, 2.75) is 11.8 Å². The Labute approximate surface area is 164 Å². The first kappa shape index (κ1) is 20.1. The number of hydrogen-bond donors (Lipinski definition) is 1. The third-order valence-electron chi connectivity index (χ3n) is 4.74. The fourth-order valence-corrected chi connectivity index (χ4v) is 4.37. The number of rotatable bonds is 6. The van der Waals surface area contributed by atoms with Crippen LogP contribution in [0.25, 0.3) is 0 Å². The molecule has 5 nitrogen and oxygen atoms in total. The zero-order chi connectivity index (χ0) is 19.4. The molecule has 2 aromatic rings. The maximum absolute atomic E-state index is 13.9. The highest BCUT2D eigenvalue weighted by Crippen LogP contribution is 2.21. The second-order valence-electron chi connectivity index (χ2n) is 6.59. The Balaban J connectivity index is 1.49. The fourth-order valence-electron chi connectivity index (χ4n) is 3.08. The van der Waals surface area contributed by atoms with Crippen molar-refractivity contribution in [3.63, 3.8) is 0 Å². The molecular weight excluding hydrogens is 389 g/mol. The molecule has 0 amide bonds. The van der Waals surface area contributed by atoms with Gasteiger partial charge in [-0.3, -0.25) is 4.90 Å². The molecule has 1 fully saturated rings. The summed E-state index contributed by atoms with van der Waals surface area (Å²) in [6, 6.07) is 11.5. The summed E-state index contributed by atoms with van der Waals surface area (Å²) >= 11 is 6.02. The number of anilines is 1. The molecular formula is C19H23ClFN3O2S. The van der Waals surface area contributed by atoms with Gasteiger partial charge in [-0.05, 0) is 36.8 Å². The number of nitrogens with zero attached hydrogens (tertiary/aromatic N) is 2. The summed E-state index contributed by atoms with van der Waals surface area (Å²) in [6.07, 6.45) is 0. The van der Waals surface area contributed by atoms with Gasteiger partial charge in [0.25, 0.3) is 0 Å². The predicted octanol–water partition coefficient (Wildman–Crippen LogP) is 2.89. The van der Waals surface area contributed by atoms with Gasteiger partial charge in [-0.1, -0.05) is 29.8 Å². The van der Waals surface area contributed by atoms with E-state index >= 15 is 0 Å². The van der Waals surface area contributed by atoms with Crippen LogP contribution >= 0.6 is 11.6 Å². The van der Waals surface area contributed by atoms with E-state index in [9.17, 15) is 12.8 Å². The zero-order valence-corrected chi connectivity index (χ0v) is 16.7. The molecule has 0 spiro atoms. The molecule has 1 aliphatic rings. The number of halogens is 2. The summed E-state index contributed by atoms with van der Waals surface area (Å²) in [5.41, 5.74) is 1.46. The van der Waals surface area contributed by atoms with Crippen LogP contribution in [0.1, 0.15) is 5.56 Å². The van der Waals surface area contributed by atoms with E-state index in [4.69, 9.17) is 11.6 Å². The Morgan fingerprint density at radius 1 is 1.11 bits per heavy atom. The van der Waals surface area contributed by atoms with Crippen LogP contribution < -0.4 is 9.62 Å². The number of aryl methyl sites for hydroxylation is 1. The second kappa shape index (κ2) is 8.56. The van der Waals surface area contributed by atoms with Crippen molar-refractivity contribution in [3.8, 4) is 0 Å². The standard InChI is InChI=1S/C19H23ClFN3O2S/c1-15-6-7-16(14-17(15)20)27(25,26)22-8-9-23-10-12-24(13-11-23)19-5-3-2-4-18(19)21/h2-7,14,22H,8-13H2,1H3. The molecule has 0 bridgehead atoms. The number of hydrogen-bond acceptors (Lipinski definition) is 4. The SMILES string of the molecule is Cc1ccc(S(=O)(=O)NCCN2CCN(c3ccccc3F)CC2)cc1Cl. The molecule has 0 radical (unpaired) electrons. The monoisotopic (exact) mass is 411 g/mol. The van der Waals surface area contributed by atoms with E-state index in [2.05, 4.69) is 9.62 Å². The van der Waals surface area contributed by atoms with Gasteiger partial charge in [0.15, 0.2) is 0 Å². The van der Waals surface area contributed by atoms with E-state index < -0.39 is 10.0 Å². The maximum atomic E-state index is 13.9. The first-order valence-electron chi connectivity index (χ1n) is 8.84. The van der Waals surface area contributed by atoms with Crippen molar-refractivity contribution >= 4 is 27.3 Å². The molecule has 27 heavy (non-hydrogen) atoms. The van der Waals surface area contributed by atoms with Crippen LogP contribution in [0.5, 0.6) is 0 Å². The normalized spacial score (nSPS) is 15.9. The lowest BCUT2D eigenvalue weighted by molar-refractivity contribution is 0.261. The molecule has 1 N–H and O–H groups in total. The highest BCUT2D eigenvalue weighted by molar-refractivity contribution is 7.89. The minimum atomic E-state index is -3.58. The lowest BCUT2D eigenvalue weighted by Gasteiger charge is -2.36. The van der Waals surface area contributed by atoms with Gasteiger partial charge in [0.2, 0.25) is 10.0 Å². The van der Waals surface area contributed by atoms with Crippen LogP contribution in [0.4, 0.5) is 10.1 Å². The Morgan fingerprint density at radius 2 is 1.81 bits per heavy atom. The molecule has 1 aliphatic heterocycles. The average molecular weight is 412 g/mol. The summed E-state index contributed by atoms with van der Waals surface area (Å²) in [5.74, 6) is -0.213. The highest BCUT2D eigenvalue weighted by atomic mass is 35.5. The van der Waals surface area contributed by atoms with E-state index in [1.54, 1.807) is 24.3 Å². The quantitative estimate of drug-likeness (QED) is 0.794. The lowest BCUT2D eigenvalue weighted by atomic mass is 10.2. The summed E-state index contributed by atoms with van der Waals surface area (Å²) in [4.78, 5) is 4.36. The van der Waals surface area contributed by atoms with E-state index in [-0.39, 0.29) is 10.7 Å². The Bertz CT molecular complexity index is 900. The van der Waals surface area contributed by atoms with Gasteiger partial charge in [0.05, 0.1) is 10.6 Å². The second-order valence-corrected chi connectivity index (χ2v) is 8.76. The third-order valence-corrected chi connectivity index (χ3v) is 6.61. The average Bonchev–Trinajstić information content (AvgIpc) is 2.65. The molecule has 1 heterocycles. The summed E-state index contributed by atoms with van der Waals surface area (Å²) in [6.45, 7) is 5.67. The molecule has 0 aromatic heterocycles. The molecule has 8 heteroatoms. The number of sulfonamides is 1. The minimum Gasteiger partial charge on any atom is -0.367 e. The Hall–Kier alpha value is -1.67. The Morgan fingerprint density at radius 3 is 2.48 bits per heavy atom. The number of nitrogens with one attached hydrogen (secondary N) is 1. The topological polar surface area (TPSA) is 52.7 Å². The summed E-state index contributed by atoms with van der Waals surface area (Å²) < 4.78 is 41.2. The van der Waals surface area contributed by atoms with Gasteiger partial charge >= 0.3 is 0 Å². The minimum absolute atomic E-state index is 0.169. The third kappa shape index (κ3) is 4.99. The van der Waals surface area contributed by atoms with E-state index in [0.29, 0.717) is 36.9 Å². The summed E-state index contributed by atoms with van der Waals surface area (Å²) in [5, 5.41) is 0.433. The number of para-hydroxylation sites is 1. The fraction of sp³-hybridized carbons (Fsp3) is 0.368. The van der Waals surface area contributed by atoms with Crippen LogP contribution in [-0.4, -0.2) is 52.6 Å². The maximum Gasteiger partial charge on any atom is 0.240 e. The first-order chi connectivity index (χ1) is 12.9. The molecule has 0 saturated carbocycles. The molecule has 3 rings (SSSR count). The van der Waals surface area contributed by atoms with Crippen molar-refractivity contribution in [1.82, 2.24) is 9.62 Å². The van der Waals surface area contributed by atoms with Gasteiger partial charge in [-0.2, -0.15) is 0 Å². The number of benzene rings is 2. The van der Waals surface area contributed by atoms with E-state index in [1.807, 2.05) is 17.9 Å². The first-order valence-corrected chi connectivity index (χ1v) is 10.7. The molecule has 0 unspecified atom stereocenters. The van der Waals surface area contributed by atoms with Crippen molar-refractivity contribution in [2.24, 2.45) is 0 Å². The van der Waals surface area contributed by atoms with E-state index in [1.165, 1.54) is 12.1 Å². The molecule has 2 aromatic carbocycles. The van der Waals surface area contributed by atoms with E-state index in [0.717, 1.165) is 18.7 Å². The lowest BCUT2D eigenvalue weighted by Crippen LogP contribution is -2.48.